The van der Waals surface area contributed by atoms with Crippen molar-refractivity contribution >= 4 is 22.4 Å². The highest BCUT2D eigenvalue weighted by Crippen LogP contribution is 2.17. The molecule has 0 atom stereocenters. The second-order valence-electron chi connectivity index (χ2n) is 3.27. The van der Waals surface area contributed by atoms with Crippen LogP contribution >= 0.6 is 11.3 Å². The average molecular weight is 262 g/mol. The van der Waals surface area contributed by atoms with Crippen molar-refractivity contribution in [2.45, 2.75) is 6.42 Å². The largest absolute Gasteiger partial charge is 0.472 e. The number of aliphatic hydroxyl groups is 1. The smallest absolute Gasteiger partial charge is 0.260 e. The van der Waals surface area contributed by atoms with Gasteiger partial charge in [-0.1, -0.05) is 23.2 Å². The molecule has 0 aromatic carbocycles. The molecule has 1 amide bonds. The number of aromatic nitrogens is 1. The van der Waals surface area contributed by atoms with Gasteiger partial charge >= 0.3 is 0 Å². The molecule has 2 N–H and O–H groups in total. The molecule has 0 aliphatic rings. The summed E-state index contributed by atoms with van der Waals surface area (Å²) in [6.07, 6.45) is 4.81. The van der Waals surface area contributed by atoms with Crippen LogP contribution in [0.25, 0.3) is 0 Å². The molecule has 18 heavy (non-hydrogen) atoms. The first kappa shape index (κ1) is 12.4. The number of nitrogens with zero attached hydrogens (tertiary/aromatic N) is 1. The summed E-state index contributed by atoms with van der Waals surface area (Å²) in [5.41, 5.74) is 0.443. The van der Waals surface area contributed by atoms with E-state index < -0.39 is 0 Å². The number of aliphatic hydroxyl groups excluding tert-OH is 1. The van der Waals surface area contributed by atoms with Crippen LogP contribution in [0.1, 0.15) is 21.7 Å². The second kappa shape index (κ2) is 6.00. The highest BCUT2D eigenvalue weighted by Gasteiger charge is 2.09. The number of carbonyl (C=O) groups is 1. The summed E-state index contributed by atoms with van der Waals surface area (Å²) in [5, 5.41) is 11.7. The van der Waals surface area contributed by atoms with E-state index in [1.54, 1.807) is 12.3 Å². The van der Waals surface area contributed by atoms with Crippen molar-refractivity contribution in [1.29, 1.82) is 0 Å². The third kappa shape index (κ3) is 3.20. The minimum atomic E-state index is -0.270. The number of hydrogen-bond donors (Lipinski definition) is 2. The minimum Gasteiger partial charge on any atom is -0.472 e. The Balaban J connectivity index is 1.99. The molecule has 2 aromatic heterocycles. The van der Waals surface area contributed by atoms with Gasteiger partial charge in [0, 0.05) is 6.42 Å². The Kier molecular flexibility index (Phi) is 4.12. The fourth-order valence-electron chi connectivity index (χ4n) is 1.16. The minimum absolute atomic E-state index is 0.0376. The molecule has 0 spiro atoms. The lowest BCUT2D eigenvalue weighted by atomic mass is 10.3. The van der Waals surface area contributed by atoms with E-state index in [-0.39, 0.29) is 12.5 Å². The van der Waals surface area contributed by atoms with Crippen molar-refractivity contribution < 1.29 is 14.3 Å². The predicted molar refractivity (Wildman–Crippen MR) is 67.4 cm³/mol. The third-order valence-electron chi connectivity index (χ3n) is 1.96. The molecule has 0 saturated carbocycles. The van der Waals surface area contributed by atoms with Crippen molar-refractivity contribution in [3.63, 3.8) is 0 Å². The van der Waals surface area contributed by atoms with Gasteiger partial charge in [0.25, 0.3) is 5.91 Å². The number of furan rings is 1. The molecule has 2 aromatic rings. The van der Waals surface area contributed by atoms with Gasteiger partial charge in [0.1, 0.15) is 6.26 Å². The normalized spacial score (nSPS) is 9.61. The standard InChI is InChI=1S/C12H10N2O3S/c15-5-2-1-3-10-7-13-12(18-10)14-11(16)9-4-6-17-8-9/h4,6-8,15H,2,5H2,(H,13,14,16). The number of rotatable bonds is 3. The van der Waals surface area contributed by atoms with Crippen LogP contribution in [-0.2, 0) is 0 Å². The molecular weight excluding hydrogens is 252 g/mol. The van der Waals surface area contributed by atoms with Gasteiger partial charge in [0.15, 0.2) is 5.13 Å². The van der Waals surface area contributed by atoms with Gasteiger partial charge in [0.05, 0.1) is 29.5 Å². The highest BCUT2D eigenvalue weighted by atomic mass is 32.1. The summed E-state index contributed by atoms with van der Waals surface area (Å²) in [5.74, 6) is 5.37. The van der Waals surface area contributed by atoms with Crippen LogP contribution in [0, 0.1) is 11.8 Å². The van der Waals surface area contributed by atoms with E-state index in [9.17, 15) is 4.79 Å². The predicted octanol–water partition coefficient (Wildman–Crippen LogP) is 1.72. The summed E-state index contributed by atoms with van der Waals surface area (Å²) in [7, 11) is 0. The van der Waals surface area contributed by atoms with Gasteiger partial charge in [-0.15, -0.1) is 0 Å². The van der Waals surface area contributed by atoms with E-state index >= 15 is 0 Å². The number of nitrogens with one attached hydrogen (secondary N) is 1. The lowest BCUT2D eigenvalue weighted by Crippen LogP contribution is -2.10. The van der Waals surface area contributed by atoms with Crippen molar-refractivity contribution in [2.75, 3.05) is 11.9 Å². The van der Waals surface area contributed by atoms with Crippen LogP contribution in [0.4, 0.5) is 5.13 Å². The zero-order valence-corrected chi connectivity index (χ0v) is 10.2. The van der Waals surface area contributed by atoms with Gasteiger partial charge in [-0.3, -0.25) is 10.1 Å². The molecule has 0 aliphatic heterocycles. The SMILES string of the molecule is O=C(Nc1ncc(C#CCCO)s1)c1ccoc1. The highest BCUT2D eigenvalue weighted by molar-refractivity contribution is 7.16. The summed E-state index contributed by atoms with van der Waals surface area (Å²) in [6.45, 7) is 0.0376. The number of anilines is 1. The van der Waals surface area contributed by atoms with E-state index in [1.807, 2.05) is 0 Å². The molecule has 0 bridgehead atoms. The Morgan fingerprint density at radius 3 is 3.22 bits per heavy atom. The lowest BCUT2D eigenvalue weighted by molar-refractivity contribution is 0.102. The monoisotopic (exact) mass is 262 g/mol. The number of thiazole rings is 1. The Hall–Kier alpha value is -2.10. The van der Waals surface area contributed by atoms with Crippen molar-refractivity contribution in [1.82, 2.24) is 4.98 Å². The molecular formula is C12H10N2O3S. The van der Waals surface area contributed by atoms with Crippen molar-refractivity contribution in [2.24, 2.45) is 0 Å². The molecule has 6 heteroatoms. The Morgan fingerprint density at radius 1 is 1.61 bits per heavy atom. The van der Waals surface area contributed by atoms with Crippen LogP contribution in [0.5, 0.6) is 0 Å². The first-order valence-corrected chi connectivity index (χ1v) is 6.00. The fraction of sp³-hybridized carbons (Fsp3) is 0.167. The van der Waals surface area contributed by atoms with Crippen LogP contribution < -0.4 is 5.32 Å². The molecule has 0 fully saturated rings. The van der Waals surface area contributed by atoms with Gasteiger partial charge in [-0.2, -0.15) is 0 Å². The molecule has 0 radical (unpaired) electrons. The molecule has 2 rings (SSSR count). The maximum atomic E-state index is 11.7. The van der Waals surface area contributed by atoms with Gasteiger partial charge in [-0.25, -0.2) is 4.98 Å². The Morgan fingerprint density at radius 2 is 2.50 bits per heavy atom. The zero-order valence-electron chi connectivity index (χ0n) is 9.34. The Labute approximate surface area is 107 Å². The van der Waals surface area contributed by atoms with Gasteiger partial charge in [0.2, 0.25) is 0 Å². The van der Waals surface area contributed by atoms with Crippen LogP contribution in [0.2, 0.25) is 0 Å². The van der Waals surface area contributed by atoms with E-state index in [4.69, 9.17) is 9.52 Å². The van der Waals surface area contributed by atoms with E-state index in [0.29, 0.717) is 17.1 Å². The maximum absolute atomic E-state index is 11.7. The molecule has 5 nitrogen and oxygen atoms in total. The summed E-state index contributed by atoms with van der Waals surface area (Å²) >= 11 is 1.28. The lowest BCUT2D eigenvalue weighted by Gasteiger charge is -1.96. The first-order valence-electron chi connectivity index (χ1n) is 5.18. The van der Waals surface area contributed by atoms with Gasteiger partial charge < -0.3 is 9.52 Å². The summed E-state index contributed by atoms with van der Waals surface area (Å²) in [4.78, 5) is 16.4. The molecule has 0 unspecified atom stereocenters. The van der Waals surface area contributed by atoms with E-state index in [1.165, 1.54) is 23.9 Å². The number of carbonyl (C=O) groups excluding carboxylic acids is 1. The average Bonchev–Trinajstić information content (AvgIpc) is 3.00. The van der Waals surface area contributed by atoms with E-state index in [0.717, 1.165) is 4.88 Å². The second-order valence-corrected chi connectivity index (χ2v) is 4.30. The molecule has 0 aliphatic carbocycles. The summed E-state index contributed by atoms with van der Waals surface area (Å²) in [6, 6.07) is 1.57. The van der Waals surface area contributed by atoms with Crippen LogP contribution in [-0.4, -0.2) is 22.6 Å². The number of hydrogen-bond acceptors (Lipinski definition) is 5. The zero-order chi connectivity index (χ0) is 12.8. The molecule has 92 valence electrons. The summed E-state index contributed by atoms with van der Waals surface area (Å²) < 4.78 is 4.82. The van der Waals surface area contributed by atoms with Crippen molar-refractivity contribution in [3.8, 4) is 11.8 Å². The topological polar surface area (TPSA) is 75.4 Å². The third-order valence-corrected chi connectivity index (χ3v) is 2.79. The quantitative estimate of drug-likeness (QED) is 0.826. The van der Waals surface area contributed by atoms with Gasteiger partial charge in [-0.05, 0) is 6.07 Å². The molecule has 2 heterocycles. The van der Waals surface area contributed by atoms with E-state index in [2.05, 4.69) is 22.1 Å². The molecule has 0 saturated heterocycles. The fourth-order valence-corrected chi connectivity index (χ4v) is 1.84. The van der Waals surface area contributed by atoms with Crippen molar-refractivity contribution in [3.05, 3.63) is 35.2 Å². The van der Waals surface area contributed by atoms with Crippen LogP contribution in [0.15, 0.2) is 29.2 Å². The van der Waals surface area contributed by atoms with Crippen LogP contribution in [0.3, 0.4) is 0 Å². The Bertz CT molecular complexity index is 578. The maximum Gasteiger partial charge on any atom is 0.260 e. The number of amides is 1. The first-order chi connectivity index (χ1) is 8.79.